The third-order valence-electron chi connectivity index (χ3n) is 2.07. The van der Waals surface area contributed by atoms with Crippen LogP contribution in [0.25, 0.3) is 0 Å². The molecule has 0 spiro atoms. The van der Waals surface area contributed by atoms with Crippen molar-refractivity contribution >= 4 is 34.7 Å². The molecular weight excluding hydrogens is 261 g/mol. The van der Waals surface area contributed by atoms with E-state index in [1.807, 2.05) is 24.3 Å². The predicted octanol–water partition coefficient (Wildman–Crippen LogP) is 3.54. The highest BCUT2D eigenvalue weighted by Crippen LogP contribution is 2.29. The third-order valence-corrected chi connectivity index (χ3v) is 2.53. The SMILES string of the molecule is COc1ccccc1Nc1nc(Cl)ncc1Cl. The zero-order chi connectivity index (χ0) is 12.3. The van der Waals surface area contributed by atoms with E-state index in [1.165, 1.54) is 6.20 Å². The first-order chi connectivity index (χ1) is 8.20. The van der Waals surface area contributed by atoms with Crippen LogP contribution >= 0.6 is 23.2 Å². The summed E-state index contributed by atoms with van der Waals surface area (Å²) in [6.45, 7) is 0. The molecule has 0 aliphatic carbocycles. The number of para-hydroxylation sites is 2. The van der Waals surface area contributed by atoms with Crippen LogP contribution in [-0.4, -0.2) is 17.1 Å². The van der Waals surface area contributed by atoms with E-state index in [-0.39, 0.29) is 5.28 Å². The highest BCUT2D eigenvalue weighted by Gasteiger charge is 2.07. The Morgan fingerprint density at radius 1 is 1.24 bits per heavy atom. The molecule has 1 aromatic heterocycles. The molecule has 1 heterocycles. The number of hydrogen-bond acceptors (Lipinski definition) is 4. The van der Waals surface area contributed by atoms with E-state index < -0.39 is 0 Å². The number of benzene rings is 1. The molecule has 17 heavy (non-hydrogen) atoms. The van der Waals surface area contributed by atoms with Crippen molar-refractivity contribution in [1.82, 2.24) is 9.97 Å². The van der Waals surface area contributed by atoms with Gasteiger partial charge in [-0.1, -0.05) is 23.7 Å². The van der Waals surface area contributed by atoms with Crippen LogP contribution in [-0.2, 0) is 0 Å². The first-order valence-corrected chi connectivity index (χ1v) is 5.54. The molecule has 0 amide bonds. The second-order valence-electron chi connectivity index (χ2n) is 3.16. The Bertz CT molecular complexity index is 534. The van der Waals surface area contributed by atoms with Gasteiger partial charge >= 0.3 is 0 Å². The molecule has 0 aliphatic heterocycles. The molecule has 88 valence electrons. The van der Waals surface area contributed by atoms with Crippen molar-refractivity contribution in [2.24, 2.45) is 0 Å². The monoisotopic (exact) mass is 269 g/mol. The van der Waals surface area contributed by atoms with Gasteiger partial charge in [-0.2, -0.15) is 4.98 Å². The van der Waals surface area contributed by atoms with Gasteiger partial charge in [-0.25, -0.2) is 4.98 Å². The first-order valence-electron chi connectivity index (χ1n) is 4.79. The van der Waals surface area contributed by atoms with Crippen LogP contribution in [0.2, 0.25) is 10.3 Å². The number of hydrogen-bond donors (Lipinski definition) is 1. The van der Waals surface area contributed by atoms with Gasteiger partial charge in [0, 0.05) is 0 Å². The van der Waals surface area contributed by atoms with Gasteiger partial charge in [-0.15, -0.1) is 0 Å². The van der Waals surface area contributed by atoms with Crippen molar-refractivity contribution in [1.29, 1.82) is 0 Å². The van der Waals surface area contributed by atoms with Crippen molar-refractivity contribution in [3.63, 3.8) is 0 Å². The summed E-state index contributed by atoms with van der Waals surface area (Å²) in [6, 6.07) is 7.43. The number of aromatic nitrogens is 2. The highest BCUT2D eigenvalue weighted by atomic mass is 35.5. The topological polar surface area (TPSA) is 47.0 Å². The summed E-state index contributed by atoms with van der Waals surface area (Å²) in [5.41, 5.74) is 0.756. The molecule has 4 nitrogen and oxygen atoms in total. The summed E-state index contributed by atoms with van der Waals surface area (Å²) in [5, 5.41) is 3.56. The van der Waals surface area contributed by atoms with Crippen molar-refractivity contribution in [3.8, 4) is 5.75 Å². The number of halogens is 2. The van der Waals surface area contributed by atoms with E-state index in [1.54, 1.807) is 7.11 Å². The van der Waals surface area contributed by atoms with Gasteiger partial charge in [0.25, 0.3) is 0 Å². The fourth-order valence-electron chi connectivity index (χ4n) is 1.31. The summed E-state index contributed by atoms with van der Waals surface area (Å²) in [5.74, 6) is 1.13. The molecule has 2 rings (SSSR count). The molecule has 1 aromatic carbocycles. The van der Waals surface area contributed by atoms with Crippen LogP contribution < -0.4 is 10.1 Å². The van der Waals surface area contributed by atoms with Gasteiger partial charge < -0.3 is 10.1 Å². The van der Waals surface area contributed by atoms with Crippen LogP contribution in [0.5, 0.6) is 5.75 Å². The quantitative estimate of drug-likeness (QED) is 0.866. The van der Waals surface area contributed by atoms with Crippen molar-refractivity contribution in [3.05, 3.63) is 40.8 Å². The molecule has 0 atom stereocenters. The maximum Gasteiger partial charge on any atom is 0.224 e. The highest BCUT2D eigenvalue weighted by molar-refractivity contribution is 6.33. The molecule has 2 aromatic rings. The number of methoxy groups -OCH3 is 1. The smallest absolute Gasteiger partial charge is 0.224 e. The Morgan fingerprint density at radius 2 is 2.00 bits per heavy atom. The number of nitrogens with one attached hydrogen (secondary N) is 1. The zero-order valence-electron chi connectivity index (χ0n) is 8.95. The Hall–Kier alpha value is -1.52. The molecule has 0 unspecified atom stereocenters. The lowest BCUT2D eigenvalue weighted by Crippen LogP contribution is -1.98. The average Bonchev–Trinajstić information content (AvgIpc) is 2.34. The Kier molecular flexibility index (Phi) is 3.66. The second-order valence-corrected chi connectivity index (χ2v) is 3.91. The lowest BCUT2D eigenvalue weighted by molar-refractivity contribution is 0.417. The summed E-state index contributed by atoms with van der Waals surface area (Å²) in [7, 11) is 1.59. The van der Waals surface area contributed by atoms with E-state index in [9.17, 15) is 0 Å². The Labute approximate surface area is 109 Å². The molecule has 0 fully saturated rings. The summed E-state index contributed by atoms with van der Waals surface area (Å²) in [6.07, 6.45) is 1.44. The van der Waals surface area contributed by atoms with Gasteiger partial charge in [-0.3, -0.25) is 0 Å². The molecule has 6 heteroatoms. The number of nitrogens with zero attached hydrogens (tertiary/aromatic N) is 2. The number of rotatable bonds is 3. The van der Waals surface area contributed by atoms with Gasteiger partial charge in [0.2, 0.25) is 5.28 Å². The van der Waals surface area contributed by atoms with Crippen LogP contribution in [0.3, 0.4) is 0 Å². The normalized spacial score (nSPS) is 10.1. The standard InChI is InChI=1S/C11H9Cl2N3O/c1-17-9-5-3-2-4-8(9)15-10-7(12)6-14-11(13)16-10/h2-6H,1H3,(H,14,15,16). The average molecular weight is 270 g/mol. The zero-order valence-corrected chi connectivity index (χ0v) is 10.5. The van der Waals surface area contributed by atoms with Crippen LogP contribution in [0.4, 0.5) is 11.5 Å². The maximum atomic E-state index is 5.95. The third kappa shape index (κ3) is 2.78. The van der Waals surface area contributed by atoms with Crippen molar-refractivity contribution < 1.29 is 4.74 Å². The predicted molar refractivity (Wildman–Crippen MR) is 68.3 cm³/mol. The fourth-order valence-corrected chi connectivity index (χ4v) is 1.58. The maximum absolute atomic E-state index is 5.95. The van der Waals surface area contributed by atoms with E-state index in [0.29, 0.717) is 16.6 Å². The molecule has 0 aliphatic rings. The minimum Gasteiger partial charge on any atom is -0.495 e. The Morgan fingerprint density at radius 3 is 2.76 bits per heavy atom. The second kappa shape index (κ2) is 5.21. The van der Waals surface area contributed by atoms with Crippen LogP contribution in [0.15, 0.2) is 30.5 Å². The molecule has 0 bridgehead atoms. The van der Waals surface area contributed by atoms with Crippen molar-refractivity contribution in [2.45, 2.75) is 0 Å². The van der Waals surface area contributed by atoms with Crippen LogP contribution in [0, 0.1) is 0 Å². The lowest BCUT2D eigenvalue weighted by Gasteiger charge is -2.10. The summed E-state index contributed by atoms with van der Waals surface area (Å²) in [4.78, 5) is 7.77. The molecule has 0 radical (unpaired) electrons. The van der Waals surface area contributed by atoms with Crippen LogP contribution in [0.1, 0.15) is 0 Å². The molecule has 1 N–H and O–H groups in total. The fraction of sp³-hybridized carbons (Fsp3) is 0.0909. The lowest BCUT2D eigenvalue weighted by atomic mass is 10.3. The molecule has 0 saturated heterocycles. The van der Waals surface area contributed by atoms with E-state index in [4.69, 9.17) is 27.9 Å². The molecule has 0 saturated carbocycles. The van der Waals surface area contributed by atoms with Gasteiger partial charge in [0.1, 0.15) is 10.8 Å². The minimum absolute atomic E-state index is 0.131. The first kappa shape index (κ1) is 12.0. The van der Waals surface area contributed by atoms with Gasteiger partial charge in [0.15, 0.2) is 5.82 Å². The summed E-state index contributed by atoms with van der Waals surface area (Å²) < 4.78 is 5.21. The van der Waals surface area contributed by atoms with E-state index in [0.717, 1.165) is 5.69 Å². The van der Waals surface area contributed by atoms with Gasteiger partial charge in [0.05, 0.1) is 19.0 Å². The Balaban J connectivity index is 2.34. The van der Waals surface area contributed by atoms with Gasteiger partial charge in [-0.05, 0) is 23.7 Å². The minimum atomic E-state index is 0.131. The van der Waals surface area contributed by atoms with E-state index in [2.05, 4.69) is 15.3 Å². The van der Waals surface area contributed by atoms with Crippen molar-refractivity contribution in [2.75, 3.05) is 12.4 Å². The number of anilines is 2. The van der Waals surface area contributed by atoms with E-state index >= 15 is 0 Å². The molecular formula is C11H9Cl2N3O. The summed E-state index contributed by atoms with van der Waals surface area (Å²) >= 11 is 11.7. The number of ether oxygens (including phenoxy) is 1. The largest absolute Gasteiger partial charge is 0.495 e.